The van der Waals surface area contributed by atoms with Crippen LogP contribution in [0, 0.1) is 6.92 Å². The van der Waals surface area contributed by atoms with Crippen molar-refractivity contribution >= 4 is 0 Å². The molecule has 1 N–H and O–H groups in total. The van der Waals surface area contributed by atoms with Crippen molar-refractivity contribution < 1.29 is 4.74 Å². The Morgan fingerprint density at radius 3 is 2.85 bits per heavy atom. The van der Waals surface area contributed by atoms with E-state index in [1.807, 2.05) is 6.92 Å². The molecular formula is C9H14N2O2. The summed E-state index contributed by atoms with van der Waals surface area (Å²) in [6.07, 6.45) is 0.966. The third-order valence-electron chi connectivity index (χ3n) is 2.61. The standard InChI is InChI=1S/C9H14N2O2/c1-6-8(7-3-4-13-5-7)9(12)11(2)10-6/h7,10H,3-5H2,1-2H3. The number of rotatable bonds is 1. The van der Waals surface area contributed by atoms with Crippen LogP contribution in [0.4, 0.5) is 0 Å². The zero-order valence-electron chi connectivity index (χ0n) is 7.96. The molecule has 2 rings (SSSR count). The van der Waals surface area contributed by atoms with Crippen molar-refractivity contribution in [2.75, 3.05) is 13.2 Å². The number of nitrogens with zero attached hydrogens (tertiary/aromatic N) is 1. The van der Waals surface area contributed by atoms with E-state index in [9.17, 15) is 4.79 Å². The fraction of sp³-hybridized carbons (Fsp3) is 0.667. The number of ether oxygens (including phenoxy) is 1. The van der Waals surface area contributed by atoms with E-state index in [-0.39, 0.29) is 5.56 Å². The molecule has 0 saturated carbocycles. The molecule has 1 unspecified atom stereocenters. The summed E-state index contributed by atoms with van der Waals surface area (Å²) in [6.45, 7) is 3.40. The monoisotopic (exact) mass is 182 g/mol. The van der Waals surface area contributed by atoms with Crippen molar-refractivity contribution in [3.63, 3.8) is 0 Å². The van der Waals surface area contributed by atoms with Crippen LogP contribution in [0.15, 0.2) is 4.79 Å². The summed E-state index contributed by atoms with van der Waals surface area (Å²) < 4.78 is 6.80. The van der Waals surface area contributed by atoms with Crippen LogP contribution in [0.2, 0.25) is 0 Å². The molecule has 1 aliphatic heterocycles. The fourth-order valence-corrected chi connectivity index (χ4v) is 1.95. The second-order valence-electron chi connectivity index (χ2n) is 3.58. The maximum absolute atomic E-state index is 11.7. The van der Waals surface area contributed by atoms with E-state index in [1.54, 1.807) is 7.05 Å². The van der Waals surface area contributed by atoms with E-state index in [2.05, 4.69) is 5.10 Å². The van der Waals surface area contributed by atoms with Gasteiger partial charge in [0.15, 0.2) is 0 Å². The van der Waals surface area contributed by atoms with Gasteiger partial charge in [-0.05, 0) is 13.3 Å². The van der Waals surface area contributed by atoms with Gasteiger partial charge in [0.2, 0.25) is 0 Å². The highest BCUT2D eigenvalue weighted by molar-refractivity contribution is 5.21. The molecule has 1 aromatic rings. The molecule has 0 amide bonds. The van der Waals surface area contributed by atoms with E-state index < -0.39 is 0 Å². The van der Waals surface area contributed by atoms with Gasteiger partial charge in [0.1, 0.15) is 0 Å². The van der Waals surface area contributed by atoms with Crippen LogP contribution >= 0.6 is 0 Å². The summed E-state index contributed by atoms with van der Waals surface area (Å²) in [7, 11) is 1.74. The zero-order valence-corrected chi connectivity index (χ0v) is 7.96. The van der Waals surface area contributed by atoms with Crippen LogP contribution in [0.5, 0.6) is 0 Å². The summed E-state index contributed by atoms with van der Waals surface area (Å²) >= 11 is 0. The van der Waals surface area contributed by atoms with Gasteiger partial charge in [0, 0.05) is 30.8 Å². The first-order valence-electron chi connectivity index (χ1n) is 4.53. The van der Waals surface area contributed by atoms with Gasteiger partial charge >= 0.3 is 0 Å². The first-order valence-corrected chi connectivity index (χ1v) is 4.53. The van der Waals surface area contributed by atoms with Crippen molar-refractivity contribution in [1.82, 2.24) is 9.78 Å². The highest BCUT2D eigenvalue weighted by Crippen LogP contribution is 2.24. The molecule has 1 fully saturated rings. The number of hydrogen-bond donors (Lipinski definition) is 1. The fourth-order valence-electron chi connectivity index (χ4n) is 1.95. The molecule has 13 heavy (non-hydrogen) atoms. The Labute approximate surface area is 76.5 Å². The molecule has 4 nitrogen and oxygen atoms in total. The van der Waals surface area contributed by atoms with Crippen molar-refractivity contribution in [1.29, 1.82) is 0 Å². The number of nitrogens with one attached hydrogen (secondary N) is 1. The first-order chi connectivity index (χ1) is 6.20. The first kappa shape index (κ1) is 8.56. The third kappa shape index (κ3) is 1.31. The molecule has 1 aromatic heterocycles. The summed E-state index contributed by atoms with van der Waals surface area (Å²) in [6, 6.07) is 0. The maximum atomic E-state index is 11.7. The van der Waals surface area contributed by atoms with Gasteiger partial charge in [0.05, 0.1) is 6.61 Å². The minimum atomic E-state index is 0.0907. The molecule has 1 atom stereocenters. The van der Waals surface area contributed by atoms with Crippen LogP contribution < -0.4 is 5.56 Å². The molecule has 2 heterocycles. The smallest absolute Gasteiger partial charge is 0.270 e. The van der Waals surface area contributed by atoms with Gasteiger partial charge in [-0.25, -0.2) is 0 Å². The lowest BCUT2D eigenvalue weighted by molar-refractivity contribution is 0.193. The number of aromatic nitrogens is 2. The van der Waals surface area contributed by atoms with E-state index in [0.717, 1.165) is 24.3 Å². The van der Waals surface area contributed by atoms with Crippen molar-refractivity contribution in [3.05, 3.63) is 21.6 Å². The van der Waals surface area contributed by atoms with Gasteiger partial charge in [-0.1, -0.05) is 0 Å². The van der Waals surface area contributed by atoms with Gasteiger partial charge in [-0.2, -0.15) is 0 Å². The minimum absolute atomic E-state index is 0.0907. The van der Waals surface area contributed by atoms with Crippen molar-refractivity contribution in [2.45, 2.75) is 19.3 Å². The summed E-state index contributed by atoms with van der Waals surface area (Å²) in [5, 5.41) is 3.00. The molecule has 0 spiro atoms. The van der Waals surface area contributed by atoms with Crippen LogP contribution in [-0.2, 0) is 11.8 Å². The second kappa shape index (κ2) is 3.03. The van der Waals surface area contributed by atoms with Gasteiger partial charge in [-0.3, -0.25) is 14.6 Å². The summed E-state index contributed by atoms with van der Waals surface area (Å²) in [5.74, 6) is 0.296. The molecular weight excluding hydrogens is 168 g/mol. The Balaban J connectivity index is 2.43. The van der Waals surface area contributed by atoms with Crippen LogP contribution in [0.3, 0.4) is 0 Å². The lowest BCUT2D eigenvalue weighted by Gasteiger charge is -2.03. The Morgan fingerprint density at radius 1 is 1.62 bits per heavy atom. The van der Waals surface area contributed by atoms with Crippen LogP contribution in [0.25, 0.3) is 0 Å². The largest absolute Gasteiger partial charge is 0.381 e. The summed E-state index contributed by atoms with van der Waals surface area (Å²) in [4.78, 5) is 11.7. The molecule has 0 aromatic carbocycles. The van der Waals surface area contributed by atoms with Crippen molar-refractivity contribution in [2.24, 2.45) is 7.05 Å². The molecule has 72 valence electrons. The van der Waals surface area contributed by atoms with Crippen LogP contribution in [0.1, 0.15) is 23.6 Å². The topological polar surface area (TPSA) is 47.0 Å². The number of aromatic amines is 1. The Morgan fingerprint density at radius 2 is 2.38 bits per heavy atom. The SMILES string of the molecule is Cc1[nH]n(C)c(=O)c1C1CCOC1. The highest BCUT2D eigenvalue weighted by atomic mass is 16.5. The predicted octanol–water partition coefficient (Wildman–Crippen LogP) is 0.526. The average Bonchev–Trinajstić information content (AvgIpc) is 2.63. The molecule has 0 bridgehead atoms. The van der Waals surface area contributed by atoms with Crippen LogP contribution in [-0.4, -0.2) is 23.0 Å². The normalized spacial score (nSPS) is 22.5. The van der Waals surface area contributed by atoms with E-state index >= 15 is 0 Å². The van der Waals surface area contributed by atoms with Gasteiger partial charge in [-0.15, -0.1) is 0 Å². The third-order valence-corrected chi connectivity index (χ3v) is 2.61. The molecule has 0 radical (unpaired) electrons. The van der Waals surface area contributed by atoms with E-state index in [1.165, 1.54) is 4.68 Å². The Kier molecular flexibility index (Phi) is 2.00. The Hall–Kier alpha value is -1.03. The van der Waals surface area contributed by atoms with E-state index in [4.69, 9.17) is 4.74 Å². The maximum Gasteiger partial charge on any atom is 0.270 e. The summed E-state index contributed by atoms with van der Waals surface area (Å²) in [5.41, 5.74) is 1.97. The van der Waals surface area contributed by atoms with Gasteiger partial charge < -0.3 is 4.74 Å². The zero-order chi connectivity index (χ0) is 9.42. The molecule has 1 aliphatic rings. The second-order valence-corrected chi connectivity index (χ2v) is 3.58. The quantitative estimate of drug-likeness (QED) is 0.688. The predicted molar refractivity (Wildman–Crippen MR) is 48.9 cm³/mol. The van der Waals surface area contributed by atoms with Crippen molar-refractivity contribution in [3.8, 4) is 0 Å². The number of H-pyrrole nitrogens is 1. The van der Waals surface area contributed by atoms with E-state index in [0.29, 0.717) is 12.5 Å². The lowest BCUT2D eigenvalue weighted by Crippen LogP contribution is -2.18. The molecule has 0 aliphatic carbocycles. The lowest BCUT2D eigenvalue weighted by atomic mass is 9.99. The van der Waals surface area contributed by atoms with Gasteiger partial charge in [0.25, 0.3) is 5.56 Å². The number of hydrogen-bond acceptors (Lipinski definition) is 2. The average molecular weight is 182 g/mol. The molecule has 4 heteroatoms. The Bertz CT molecular complexity index is 358. The number of aryl methyl sites for hydroxylation is 2. The molecule has 1 saturated heterocycles. The highest BCUT2D eigenvalue weighted by Gasteiger charge is 2.24. The minimum Gasteiger partial charge on any atom is -0.381 e.